The van der Waals surface area contributed by atoms with Gasteiger partial charge in [0.05, 0.1) is 7.11 Å². The second-order valence-corrected chi connectivity index (χ2v) is 8.27. The molecule has 1 aliphatic carbocycles. The molecule has 30 heavy (non-hydrogen) atoms. The number of fused-ring (bicyclic) bond motifs is 3. The van der Waals surface area contributed by atoms with Crippen molar-refractivity contribution in [2.24, 2.45) is 0 Å². The number of hydrogen-bond donors (Lipinski definition) is 0. The molecule has 0 unspecified atom stereocenters. The Morgan fingerprint density at radius 2 is 1.20 bits per heavy atom. The van der Waals surface area contributed by atoms with Gasteiger partial charge in [-0.05, 0) is 70.8 Å². The third kappa shape index (κ3) is 2.88. The SMILES string of the molecule is COc1ccc(N(c2ccccc2)c2ccc3c(c2)C(C)(C)c2ccccc2-3)cc1. The normalized spacial score (nSPS) is 13.4. The number of benzene rings is 4. The third-order valence-corrected chi connectivity index (χ3v) is 6.17. The molecule has 0 amide bonds. The number of nitrogens with zero attached hydrogens (tertiary/aromatic N) is 1. The maximum Gasteiger partial charge on any atom is 0.119 e. The van der Waals surface area contributed by atoms with Crippen LogP contribution in [0.5, 0.6) is 5.75 Å². The minimum Gasteiger partial charge on any atom is -0.497 e. The van der Waals surface area contributed by atoms with Gasteiger partial charge in [-0.2, -0.15) is 0 Å². The van der Waals surface area contributed by atoms with Crippen molar-refractivity contribution in [3.63, 3.8) is 0 Å². The zero-order chi connectivity index (χ0) is 20.7. The Balaban J connectivity index is 1.67. The molecule has 0 heterocycles. The summed E-state index contributed by atoms with van der Waals surface area (Å²) in [6, 6.07) is 34.4. The lowest BCUT2D eigenvalue weighted by atomic mass is 9.82. The first-order valence-corrected chi connectivity index (χ1v) is 10.3. The first-order valence-electron chi connectivity index (χ1n) is 10.3. The van der Waals surface area contributed by atoms with Crippen LogP contribution in [0.4, 0.5) is 17.1 Å². The lowest BCUT2D eigenvalue weighted by molar-refractivity contribution is 0.415. The second kappa shape index (κ2) is 7.07. The quantitative estimate of drug-likeness (QED) is 0.358. The van der Waals surface area contributed by atoms with Gasteiger partial charge in [0.25, 0.3) is 0 Å². The Labute approximate surface area is 178 Å². The molecule has 0 aliphatic heterocycles. The summed E-state index contributed by atoms with van der Waals surface area (Å²) < 4.78 is 5.37. The largest absolute Gasteiger partial charge is 0.497 e. The molecule has 0 radical (unpaired) electrons. The molecule has 0 saturated heterocycles. The molecule has 4 aromatic carbocycles. The van der Waals surface area contributed by atoms with Crippen molar-refractivity contribution in [2.75, 3.05) is 12.0 Å². The van der Waals surface area contributed by atoms with E-state index in [9.17, 15) is 0 Å². The van der Waals surface area contributed by atoms with Gasteiger partial charge in [-0.25, -0.2) is 0 Å². The summed E-state index contributed by atoms with van der Waals surface area (Å²) in [6.07, 6.45) is 0. The molecule has 2 nitrogen and oxygen atoms in total. The molecule has 2 heteroatoms. The molecular formula is C28H25NO. The summed E-state index contributed by atoms with van der Waals surface area (Å²) in [6.45, 7) is 4.64. The molecule has 4 aromatic rings. The number of para-hydroxylation sites is 1. The molecule has 0 N–H and O–H groups in total. The first-order chi connectivity index (χ1) is 14.6. The molecule has 0 bridgehead atoms. The average Bonchev–Trinajstić information content (AvgIpc) is 3.02. The van der Waals surface area contributed by atoms with Crippen molar-refractivity contribution >= 4 is 17.1 Å². The van der Waals surface area contributed by atoms with Crippen molar-refractivity contribution < 1.29 is 4.74 Å². The zero-order valence-electron chi connectivity index (χ0n) is 17.6. The monoisotopic (exact) mass is 391 g/mol. The van der Waals surface area contributed by atoms with Gasteiger partial charge in [0.1, 0.15) is 5.75 Å². The van der Waals surface area contributed by atoms with Crippen LogP contribution in [0.2, 0.25) is 0 Å². The fourth-order valence-corrected chi connectivity index (χ4v) is 4.59. The standard InChI is InChI=1S/C28H25NO/c1-28(2)26-12-8-7-11-24(26)25-18-15-22(19-27(25)28)29(20-9-5-4-6-10-20)21-13-16-23(30-3)17-14-21/h4-19H,1-3H3. The van der Waals surface area contributed by atoms with Gasteiger partial charge < -0.3 is 9.64 Å². The summed E-state index contributed by atoms with van der Waals surface area (Å²) in [4.78, 5) is 2.30. The van der Waals surface area contributed by atoms with Gasteiger partial charge in [0.2, 0.25) is 0 Å². The van der Waals surface area contributed by atoms with Crippen molar-refractivity contribution in [3.05, 3.63) is 108 Å². The summed E-state index contributed by atoms with van der Waals surface area (Å²) in [5.41, 5.74) is 8.83. The van der Waals surface area contributed by atoms with E-state index in [1.807, 2.05) is 12.1 Å². The second-order valence-electron chi connectivity index (χ2n) is 8.27. The molecule has 0 saturated carbocycles. The van der Waals surface area contributed by atoms with E-state index in [1.54, 1.807) is 7.11 Å². The Bertz CT molecular complexity index is 1190. The Kier molecular flexibility index (Phi) is 4.36. The molecule has 0 fully saturated rings. The summed E-state index contributed by atoms with van der Waals surface area (Å²) in [7, 11) is 1.70. The molecule has 0 aromatic heterocycles. The topological polar surface area (TPSA) is 12.5 Å². The minimum atomic E-state index is -0.0236. The van der Waals surface area contributed by atoms with Gasteiger partial charge in [0.15, 0.2) is 0 Å². The van der Waals surface area contributed by atoms with E-state index >= 15 is 0 Å². The number of hydrogen-bond acceptors (Lipinski definition) is 2. The van der Waals surface area contributed by atoms with Crippen LogP contribution in [0.3, 0.4) is 0 Å². The van der Waals surface area contributed by atoms with Gasteiger partial charge in [-0.1, -0.05) is 62.4 Å². The van der Waals surface area contributed by atoms with E-state index in [4.69, 9.17) is 4.74 Å². The van der Waals surface area contributed by atoms with Crippen molar-refractivity contribution in [1.82, 2.24) is 0 Å². The van der Waals surface area contributed by atoms with Gasteiger partial charge in [-0.3, -0.25) is 0 Å². The Morgan fingerprint density at radius 3 is 1.93 bits per heavy atom. The highest BCUT2D eigenvalue weighted by Gasteiger charge is 2.35. The van der Waals surface area contributed by atoms with Crippen molar-refractivity contribution in [2.45, 2.75) is 19.3 Å². The smallest absolute Gasteiger partial charge is 0.119 e. The maximum absolute atomic E-state index is 5.37. The first kappa shape index (κ1) is 18.5. The fraction of sp³-hybridized carbons (Fsp3) is 0.143. The highest BCUT2D eigenvalue weighted by Crippen LogP contribution is 2.50. The van der Waals surface area contributed by atoms with Crippen LogP contribution in [-0.2, 0) is 5.41 Å². The Morgan fingerprint density at radius 1 is 0.600 bits per heavy atom. The summed E-state index contributed by atoms with van der Waals surface area (Å²) in [5, 5.41) is 0. The summed E-state index contributed by atoms with van der Waals surface area (Å²) >= 11 is 0. The van der Waals surface area contributed by atoms with Gasteiger partial charge >= 0.3 is 0 Å². The van der Waals surface area contributed by atoms with Crippen LogP contribution in [0.15, 0.2) is 97.1 Å². The van der Waals surface area contributed by atoms with Gasteiger partial charge in [-0.15, -0.1) is 0 Å². The Hall–Kier alpha value is -3.52. The summed E-state index contributed by atoms with van der Waals surface area (Å²) in [5.74, 6) is 0.859. The highest BCUT2D eigenvalue weighted by atomic mass is 16.5. The number of methoxy groups -OCH3 is 1. The highest BCUT2D eigenvalue weighted by molar-refractivity contribution is 5.85. The average molecular weight is 392 g/mol. The van der Waals surface area contributed by atoms with E-state index in [0.717, 1.165) is 22.8 Å². The lowest BCUT2D eigenvalue weighted by Crippen LogP contribution is -2.16. The van der Waals surface area contributed by atoms with Crippen LogP contribution < -0.4 is 9.64 Å². The van der Waals surface area contributed by atoms with Crippen LogP contribution in [-0.4, -0.2) is 7.11 Å². The number of ether oxygens (including phenoxy) is 1. The van der Waals surface area contributed by atoms with Crippen LogP contribution in [0.25, 0.3) is 11.1 Å². The van der Waals surface area contributed by atoms with Crippen molar-refractivity contribution in [3.8, 4) is 16.9 Å². The number of rotatable bonds is 4. The molecular weight excluding hydrogens is 366 g/mol. The van der Waals surface area contributed by atoms with Gasteiger partial charge in [0, 0.05) is 22.5 Å². The van der Waals surface area contributed by atoms with E-state index < -0.39 is 0 Å². The molecule has 148 valence electrons. The predicted octanol–water partition coefficient (Wildman–Crippen LogP) is 7.47. The maximum atomic E-state index is 5.37. The molecule has 5 rings (SSSR count). The van der Waals surface area contributed by atoms with E-state index in [1.165, 1.54) is 22.3 Å². The van der Waals surface area contributed by atoms with E-state index in [-0.39, 0.29) is 5.41 Å². The zero-order valence-corrected chi connectivity index (χ0v) is 17.6. The molecule has 0 atom stereocenters. The molecule has 0 spiro atoms. The van der Waals surface area contributed by atoms with Crippen LogP contribution in [0.1, 0.15) is 25.0 Å². The predicted molar refractivity (Wildman–Crippen MR) is 125 cm³/mol. The van der Waals surface area contributed by atoms with Crippen LogP contribution >= 0.6 is 0 Å². The third-order valence-electron chi connectivity index (χ3n) is 6.17. The lowest BCUT2D eigenvalue weighted by Gasteiger charge is -2.28. The fourth-order valence-electron chi connectivity index (χ4n) is 4.59. The van der Waals surface area contributed by atoms with Crippen LogP contribution in [0, 0.1) is 0 Å². The minimum absolute atomic E-state index is 0.0236. The van der Waals surface area contributed by atoms with E-state index in [2.05, 4.69) is 104 Å². The van der Waals surface area contributed by atoms with Crippen molar-refractivity contribution in [1.29, 1.82) is 0 Å². The number of anilines is 3. The molecule has 1 aliphatic rings. The van der Waals surface area contributed by atoms with E-state index in [0.29, 0.717) is 0 Å².